The maximum Gasteiger partial charge on any atom is 0.255 e. The van der Waals surface area contributed by atoms with E-state index in [9.17, 15) is 18.8 Å². The van der Waals surface area contributed by atoms with Gasteiger partial charge in [0.25, 0.3) is 5.91 Å². The second-order valence-electron chi connectivity index (χ2n) is 5.86. The summed E-state index contributed by atoms with van der Waals surface area (Å²) in [4.78, 5) is 37.1. The second-order valence-corrected chi connectivity index (χ2v) is 5.86. The molecule has 1 aromatic carbocycles. The van der Waals surface area contributed by atoms with Crippen LogP contribution in [0, 0.1) is 5.82 Å². The van der Waals surface area contributed by atoms with Gasteiger partial charge in [0, 0.05) is 36.2 Å². The number of halogens is 1. The lowest BCUT2D eigenvalue weighted by atomic mass is 10.0. The molecular formula is C15H14FN3O3. The SMILES string of the molecule is O=C1CCC(N2Cc3c(cc4c(c3F)CNC4)C2=O)C(=O)N1. The number of piperidine rings is 1. The van der Waals surface area contributed by atoms with E-state index in [4.69, 9.17) is 0 Å². The summed E-state index contributed by atoms with van der Waals surface area (Å²) >= 11 is 0. The Bertz CT molecular complexity index is 731. The van der Waals surface area contributed by atoms with E-state index >= 15 is 0 Å². The quantitative estimate of drug-likeness (QED) is 0.726. The number of imide groups is 1. The van der Waals surface area contributed by atoms with Crippen molar-refractivity contribution < 1.29 is 18.8 Å². The van der Waals surface area contributed by atoms with Gasteiger partial charge < -0.3 is 10.2 Å². The number of hydrogen-bond donors (Lipinski definition) is 2. The van der Waals surface area contributed by atoms with Crippen molar-refractivity contribution in [2.45, 2.75) is 38.5 Å². The van der Waals surface area contributed by atoms with Gasteiger partial charge in [0.15, 0.2) is 0 Å². The number of amides is 3. The number of nitrogens with one attached hydrogen (secondary N) is 2. The standard InChI is InChI=1S/C15H14FN3O3/c16-13-9-5-17-4-7(9)3-8-10(13)6-19(15(8)22)11-1-2-12(20)18-14(11)21/h3,11,17H,1-2,4-6H2,(H,18,20,21). The first kappa shape index (κ1) is 13.4. The minimum Gasteiger partial charge on any atom is -0.322 e. The Morgan fingerprint density at radius 2 is 2.00 bits per heavy atom. The fourth-order valence-corrected chi connectivity index (χ4v) is 3.43. The maximum atomic E-state index is 14.6. The van der Waals surface area contributed by atoms with Gasteiger partial charge in [-0.1, -0.05) is 0 Å². The second kappa shape index (κ2) is 4.61. The van der Waals surface area contributed by atoms with Gasteiger partial charge in [0.1, 0.15) is 11.9 Å². The number of fused-ring (bicyclic) bond motifs is 2. The normalized spacial score (nSPS) is 23.6. The third kappa shape index (κ3) is 1.78. The Morgan fingerprint density at radius 3 is 2.77 bits per heavy atom. The van der Waals surface area contributed by atoms with Crippen LogP contribution in [0.1, 0.15) is 39.9 Å². The Hall–Kier alpha value is -2.28. The average Bonchev–Trinajstić information content (AvgIpc) is 3.06. The maximum absolute atomic E-state index is 14.6. The van der Waals surface area contributed by atoms with E-state index in [1.807, 2.05) is 0 Å². The molecule has 0 radical (unpaired) electrons. The van der Waals surface area contributed by atoms with Crippen molar-refractivity contribution in [2.75, 3.05) is 0 Å². The molecule has 0 bridgehead atoms. The van der Waals surface area contributed by atoms with Crippen molar-refractivity contribution in [2.24, 2.45) is 0 Å². The molecule has 2 N–H and O–H groups in total. The summed E-state index contributed by atoms with van der Waals surface area (Å²) < 4.78 is 14.6. The van der Waals surface area contributed by atoms with Crippen molar-refractivity contribution >= 4 is 17.7 Å². The first-order chi connectivity index (χ1) is 10.6. The molecule has 0 spiro atoms. The number of carbonyl (C=O) groups is 3. The molecule has 114 valence electrons. The molecular weight excluding hydrogens is 289 g/mol. The zero-order valence-electron chi connectivity index (χ0n) is 11.7. The van der Waals surface area contributed by atoms with E-state index in [0.29, 0.717) is 29.8 Å². The highest BCUT2D eigenvalue weighted by Crippen LogP contribution is 2.33. The van der Waals surface area contributed by atoms with Crippen LogP contribution in [0.5, 0.6) is 0 Å². The van der Waals surface area contributed by atoms with Crippen LogP contribution >= 0.6 is 0 Å². The summed E-state index contributed by atoms with van der Waals surface area (Å²) in [7, 11) is 0. The summed E-state index contributed by atoms with van der Waals surface area (Å²) in [6.45, 7) is 1.09. The molecule has 7 heteroatoms. The van der Waals surface area contributed by atoms with E-state index < -0.39 is 11.9 Å². The number of benzene rings is 1. The number of hydrogen-bond acceptors (Lipinski definition) is 4. The van der Waals surface area contributed by atoms with Crippen LogP contribution in [0.3, 0.4) is 0 Å². The third-order valence-electron chi connectivity index (χ3n) is 4.58. The highest BCUT2D eigenvalue weighted by Gasteiger charge is 2.41. The zero-order chi connectivity index (χ0) is 15.4. The molecule has 0 aliphatic carbocycles. The van der Waals surface area contributed by atoms with E-state index in [0.717, 1.165) is 5.56 Å². The zero-order valence-corrected chi connectivity index (χ0v) is 11.7. The van der Waals surface area contributed by atoms with Gasteiger partial charge in [0.05, 0.1) is 6.54 Å². The van der Waals surface area contributed by atoms with Crippen molar-refractivity contribution in [1.82, 2.24) is 15.5 Å². The third-order valence-corrected chi connectivity index (χ3v) is 4.58. The Balaban J connectivity index is 1.69. The summed E-state index contributed by atoms with van der Waals surface area (Å²) in [6.07, 6.45) is 0.479. The van der Waals surface area contributed by atoms with Crippen LogP contribution in [0.2, 0.25) is 0 Å². The molecule has 3 amide bonds. The Kier molecular flexibility index (Phi) is 2.80. The van der Waals surface area contributed by atoms with Gasteiger partial charge >= 0.3 is 0 Å². The molecule has 3 aliphatic rings. The summed E-state index contributed by atoms with van der Waals surface area (Å²) in [5.41, 5.74) is 2.10. The van der Waals surface area contributed by atoms with Crippen LogP contribution in [0.4, 0.5) is 4.39 Å². The number of carbonyl (C=O) groups excluding carboxylic acids is 3. The lowest BCUT2D eigenvalue weighted by molar-refractivity contribution is -0.136. The van der Waals surface area contributed by atoms with E-state index in [1.54, 1.807) is 6.07 Å². The largest absolute Gasteiger partial charge is 0.322 e. The lowest BCUT2D eigenvalue weighted by Crippen LogP contribution is -2.52. The predicted molar refractivity (Wildman–Crippen MR) is 73.0 cm³/mol. The van der Waals surface area contributed by atoms with Gasteiger partial charge in [-0.2, -0.15) is 0 Å². The number of rotatable bonds is 1. The Labute approximate surface area is 125 Å². The molecule has 1 atom stereocenters. The molecule has 0 aromatic heterocycles. The summed E-state index contributed by atoms with van der Waals surface area (Å²) in [6, 6.07) is 1.02. The predicted octanol–water partition coefficient (Wildman–Crippen LogP) is 0.190. The highest BCUT2D eigenvalue weighted by molar-refractivity contribution is 6.05. The van der Waals surface area contributed by atoms with E-state index in [-0.39, 0.29) is 37.0 Å². The monoisotopic (exact) mass is 303 g/mol. The molecule has 3 aliphatic heterocycles. The van der Waals surface area contributed by atoms with Crippen LogP contribution in [0.25, 0.3) is 0 Å². The van der Waals surface area contributed by atoms with Crippen molar-refractivity contribution in [3.8, 4) is 0 Å². The van der Waals surface area contributed by atoms with Gasteiger partial charge in [-0.05, 0) is 18.1 Å². The molecule has 1 fully saturated rings. The molecule has 1 aromatic rings. The molecule has 0 saturated carbocycles. The first-order valence-electron chi connectivity index (χ1n) is 7.24. The smallest absolute Gasteiger partial charge is 0.255 e. The Morgan fingerprint density at radius 1 is 1.18 bits per heavy atom. The van der Waals surface area contributed by atoms with Gasteiger partial charge in [-0.15, -0.1) is 0 Å². The molecule has 3 heterocycles. The fourth-order valence-electron chi connectivity index (χ4n) is 3.43. The van der Waals surface area contributed by atoms with Crippen molar-refractivity contribution in [3.63, 3.8) is 0 Å². The minimum atomic E-state index is -0.704. The average molecular weight is 303 g/mol. The molecule has 1 saturated heterocycles. The lowest BCUT2D eigenvalue weighted by Gasteiger charge is -2.29. The number of nitrogens with zero attached hydrogens (tertiary/aromatic N) is 1. The molecule has 22 heavy (non-hydrogen) atoms. The van der Waals surface area contributed by atoms with Gasteiger partial charge in [0.2, 0.25) is 11.8 Å². The van der Waals surface area contributed by atoms with Gasteiger partial charge in [-0.25, -0.2) is 4.39 Å². The minimum absolute atomic E-state index is 0.0829. The molecule has 4 rings (SSSR count). The van der Waals surface area contributed by atoms with Crippen LogP contribution < -0.4 is 10.6 Å². The van der Waals surface area contributed by atoms with Gasteiger partial charge in [-0.3, -0.25) is 19.7 Å². The van der Waals surface area contributed by atoms with Crippen LogP contribution in [0.15, 0.2) is 6.07 Å². The van der Waals surface area contributed by atoms with Crippen LogP contribution in [-0.2, 0) is 29.2 Å². The fraction of sp³-hybridized carbons (Fsp3) is 0.400. The summed E-state index contributed by atoms with van der Waals surface area (Å²) in [5, 5.41) is 5.30. The highest BCUT2D eigenvalue weighted by atomic mass is 19.1. The topological polar surface area (TPSA) is 78.5 Å². The molecule has 6 nitrogen and oxygen atoms in total. The summed E-state index contributed by atoms with van der Waals surface area (Å²) in [5.74, 6) is -1.49. The van der Waals surface area contributed by atoms with Crippen molar-refractivity contribution in [1.29, 1.82) is 0 Å². The first-order valence-corrected chi connectivity index (χ1v) is 7.24. The van der Waals surface area contributed by atoms with Crippen LogP contribution in [-0.4, -0.2) is 28.7 Å². The van der Waals surface area contributed by atoms with Crippen molar-refractivity contribution in [3.05, 3.63) is 34.1 Å². The van der Waals surface area contributed by atoms with E-state index in [1.165, 1.54) is 4.90 Å². The molecule has 1 unspecified atom stereocenters. The van der Waals surface area contributed by atoms with E-state index in [2.05, 4.69) is 10.6 Å².